The van der Waals surface area contributed by atoms with Crippen molar-refractivity contribution >= 4 is 23.7 Å². The molecular weight excluding hydrogens is 358 g/mol. The third kappa shape index (κ3) is 2.44. The third-order valence-corrected chi connectivity index (χ3v) is 5.28. The highest BCUT2D eigenvalue weighted by atomic mass is 16.5. The molecule has 8 heteroatoms. The number of aliphatic imine (C=N–C) groups is 1. The van der Waals surface area contributed by atoms with E-state index in [9.17, 15) is 9.59 Å². The van der Waals surface area contributed by atoms with Gasteiger partial charge in [0.25, 0.3) is 5.91 Å². The van der Waals surface area contributed by atoms with Crippen LogP contribution in [0.15, 0.2) is 29.3 Å². The monoisotopic (exact) mass is 382 g/mol. The lowest BCUT2D eigenvalue weighted by atomic mass is 10.1. The van der Waals surface area contributed by atoms with Crippen LogP contribution in [0.5, 0.6) is 5.75 Å². The van der Waals surface area contributed by atoms with E-state index in [-0.39, 0.29) is 18.0 Å². The van der Waals surface area contributed by atoms with Crippen LogP contribution in [-0.2, 0) is 4.79 Å². The molecule has 1 saturated heterocycles. The van der Waals surface area contributed by atoms with E-state index in [1.807, 2.05) is 61.1 Å². The smallest absolute Gasteiger partial charge is 0.407 e. The summed E-state index contributed by atoms with van der Waals surface area (Å²) in [6, 6.07) is 6.78. The summed E-state index contributed by atoms with van der Waals surface area (Å²) < 4.78 is 9.73. The fraction of sp³-hybridized carbons (Fsp3) is 0.400. The van der Waals surface area contributed by atoms with Crippen molar-refractivity contribution in [2.45, 2.75) is 39.8 Å². The zero-order valence-corrected chi connectivity index (χ0v) is 16.9. The van der Waals surface area contributed by atoms with Gasteiger partial charge in [-0.05, 0) is 39.8 Å². The van der Waals surface area contributed by atoms with E-state index < -0.39 is 6.04 Å². The van der Waals surface area contributed by atoms with E-state index >= 15 is 0 Å². The number of rotatable bonds is 3. The minimum atomic E-state index is -0.627. The van der Waals surface area contributed by atoms with Gasteiger partial charge in [-0.3, -0.25) is 14.6 Å². The second kappa shape index (κ2) is 6.19. The molecule has 0 bridgehead atoms. The fourth-order valence-corrected chi connectivity index (χ4v) is 3.79. The summed E-state index contributed by atoms with van der Waals surface area (Å²) in [7, 11) is 3.15. The van der Waals surface area contributed by atoms with Crippen LogP contribution in [0.1, 0.15) is 31.3 Å². The van der Waals surface area contributed by atoms with Gasteiger partial charge in [0.1, 0.15) is 22.8 Å². The molecule has 0 N–H and O–H groups in total. The standard InChI is InChI=1S/C20H24N5O3/c1-11(2)28-15-9-7-8-14(10-15)24-12(3)13(4)25-16-17(21-19(24)25)22(5)20(27)23(6)18(16)26/h7-11,16H,1-6H3/q+1. The number of amidine groups is 1. The summed E-state index contributed by atoms with van der Waals surface area (Å²) in [5.41, 5.74) is 2.80. The molecule has 1 atom stereocenters. The number of hydrogen-bond acceptors (Lipinski definition) is 4. The van der Waals surface area contributed by atoms with Crippen LogP contribution in [0.4, 0.5) is 10.7 Å². The predicted molar refractivity (Wildman–Crippen MR) is 103 cm³/mol. The molecule has 2 aromatic rings. The predicted octanol–water partition coefficient (Wildman–Crippen LogP) is 2.28. The van der Waals surface area contributed by atoms with Crippen LogP contribution in [0.3, 0.4) is 0 Å². The van der Waals surface area contributed by atoms with Crippen molar-refractivity contribution in [2.75, 3.05) is 14.1 Å². The first-order valence-electron chi connectivity index (χ1n) is 9.26. The Labute approximate surface area is 163 Å². The number of fused-ring (bicyclic) bond motifs is 3. The lowest BCUT2D eigenvalue weighted by molar-refractivity contribution is -0.682. The Morgan fingerprint density at radius 1 is 1.14 bits per heavy atom. The minimum Gasteiger partial charge on any atom is -0.491 e. The van der Waals surface area contributed by atoms with Crippen molar-refractivity contribution in [1.82, 2.24) is 14.4 Å². The number of ether oxygens (including phenoxy) is 1. The van der Waals surface area contributed by atoms with Gasteiger partial charge in [0, 0.05) is 20.2 Å². The number of hydrogen-bond donors (Lipinski definition) is 0. The molecule has 1 aromatic carbocycles. The number of imide groups is 1. The first-order chi connectivity index (χ1) is 13.2. The summed E-state index contributed by atoms with van der Waals surface area (Å²) >= 11 is 0. The van der Waals surface area contributed by atoms with Crippen molar-refractivity contribution in [1.29, 1.82) is 0 Å². The maximum atomic E-state index is 12.9. The first-order valence-corrected chi connectivity index (χ1v) is 9.26. The maximum Gasteiger partial charge on any atom is 0.407 e. The van der Waals surface area contributed by atoms with Gasteiger partial charge in [0.2, 0.25) is 11.9 Å². The van der Waals surface area contributed by atoms with Crippen molar-refractivity contribution in [3.63, 3.8) is 0 Å². The third-order valence-electron chi connectivity index (χ3n) is 5.28. The first kappa shape index (κ1) is 18.2. The molecule has 0 radical (unpaired) electrons. The second-order valence-corrected chi connectivity index (χ2v) is 7.45. The number of amides is 3. The Hall–Kier alpha value is -3.16. The minimum absolute atomic E-state index is 0.0683. The largest absolute Gasteiger partial charge is 0.491 e. The van der Waals surface area contributed by atoms with E-state index in [1.165, 1.54) is 11.9 Å². The summed E-state index contributed by atoms with van der Waals surface area (Å²) in [5, 5.41) is 0. The SMILES string of the molecule is Cc1c(C)[n+]2c(n1-c1cccc(OC(C)C)c1)N=C1C2C(=O)N(C)C(=O)N1C. The van der Waals surface area contributed by atoms with Crippen LogP contribution in [0, 0.1) is 13.8 Å². The van der Waals surface area contributed by atoms with E-state index in [4.69, 9.17) is 9.73 Å². The van der Waals surface area contributed by atoms with Gasteiger partial charge in [-0.25, -0.2) is 9.36 Å². The second-order valence-electron chi connectivity index (χ2n) is 7.45. The van der Waals surface area contributed by atoms with Crippen molar-refractivity contribution in [3.05, 3.63) is 35.7 Å². The average molecular weight is 382 g/mol. The van der Waals surface area contributed by atoms with Crippen molar-refractivity contribution in [3.8, 4) is 11.4 Å². The molecule has 2 aliphatic heterocycles. The molecule has 146 valence electrons. The highest BCUT2D eigenvalue weighted by molar-refractivity contribution is 6.18. The average Bonchev–Trinajstić information content (AvgIpc) is 3.14. The molecule has 3 heterocycles. The summed E-state index contributed by atoms with van der Waals surface area (Å²) in [5.74, 6) is 1.57. The molecular formula is C20H24N5O3+. The van der Waals surface area contributed by atoms with Crippen LogP contribution in [-0.4, -0.2) is 52.3 Å². The Morgan fingerprint density at radius 3 is 2.54 bits per heavy atom. The zero-order valence-electron chi connectivity index (χ0n) is 16.9. The Balaban J connectivity index is 1.89. The van der Waals surface area contributed by atoms with Gasteiger partial charge in [-0.15, -0.1) is 0 Å². The van der Waals surface area contributed by atoms with Gasteiger partial charge < -0.3 is 4.74 Å². The Bertz CT molecular complexity index is 1040. The van der Waals surface area contributed by atoms with E-state index in [0.29, 0.717) is 11.8 Å². The van der Waals surface area contributed by atoms with Crippen molar-refractivity contribution < 1.29 is 18.9 Å². The zero-order chi connectivity index (χ0) is 20.3. The Kier molecular flexibility index (Phi) is 4.02. The van der Waals surface area contributed by atoms with Gasteiger partial charge in [0.05, 0.1) is 6.10 Å². The summed E-state index contributed by atoms with van der Waals surface area (Å²) in [6.45, 7) is 7.93. The maximum absolute atomic E-state index is 12.9. The number of carbonyl (C=O) groups excluding carboxylic acids is 2. The quantitative estimate of drug-likeness (QED) is 0.765. The highest BCUT2D eigenvalue weighted by Crippen LogP contribution is 2.33. The molecule has 1 fully saturated rings. The lowest BCUT2D eigenvalue weighted by Crippen LogP contribution is -2.62. The lowest BCUT2D eigenvalue weighted by Gasteiger charge is -2.30. The van der Waals surface area contributed by atoms with Gasteiger partial charge in [-0.2, -0.15) is 4.57 Å². The number of urea groups is 1. The molecule has 28 heavy (non-hydrogen) atoms. The van der Waals surface area contributed by atoms with Gasteiger partial charge in [-0.1, -0.05) is 11.1 Å². The number of benzene rings is 1. The molecule has 1 unspecified atom stereocenters. The molecule has 4 rings (SSSR count). The number of likely N-dealkylation sites (N-methyl/N-ethyl adjacent to an activating group) is 2. The molecule has 3 amide bonds. The molecule has 8 nitrogen and oxygen atoms in total. The molecule has 0 spiro atoms. The number of imidazole rings is 1. The number of carbonyl (C=O) groups is 2. The van der Waals surface area contributed by atoms with Gasteiger partial charge >= 0.3 is 12.0 Å². The van der Waals surface area contributed by atoms with Crippen molar-refractivity contribution in [2.24, 2.45) is 4.99 Å². The normalized spacial score (nSPS) is 18.5. The highest BCUT2D eigenvalue weighted by Gasteiger charge is 2.53. The summed E-state index contributed by atoms with van der Waals surface area (Å²) in [4.78, 5) is 32.5. The van der Waals surface area contributed by atoms with E-state index in [0.717, 1.165) is 27.7 Å². The number of nitrogens with zero attached hydrogens (tertiary/aromatic N) is 5. The molecule has 1 aromatic heterocycles. The topological polar surface area (TPSA) is 71.0 Å². The van der Waals surface area contributed by atoms with E-state index in [1.54, 1.807) is 7.05 Å². The van der Waals surface area contributed by atoms with Crippen LogP contribution >= 0.6 is 0 Å². The van der Waals surface area contributed by atoms with E-state index in [2.05, 4.69) is 0 Å². The van der Waals surface area contributed by atoms with Crippen LogP contribution in [0.25, 0.3) is 5.69 Å². The Morgan fingerprint density at radius 2 is 1.86 bits per heavy atom. The molecule has 2 aliphatic rings. The van der Waals surface area contributed by atoms with Crippen LogP contribution in [0.2, 0.25) is 0 Å². The van der Waals surface area contributed by atoms with Gasteiger partial charge in [0.15, 0.2) is 0 Å². The van der Waals surface area contributed by atoms with Crippen LogP contribution < -0.4 is 9.30 Å². The summed E-state index contributed by atoms with van der Waals surface area (Å²) in [6.07, 6.45) is 0.0683. The fourth-order valence-electron chi connectivity index (χ4n) is 3.79. The molecule has 0 aliphatic carbocycles. The number of aromatic nitrogens is 2. The molecule has 0 saturated carbocycles.